The first-order valence-corrected chi connectivity index (χ1v) is 7.90. The average molecular weight is 379 g/mol. The molecule has 0 heterocycles. The first kappa shape index (κ1) is 16.5. The van der Waals surface area contributed by atoms with Crippen molar-refractivity contribution in [1.82, 2.24) is 5.32 Å². The smallest absolute Gasteiger partial charge is 0.258 e. The van der Waals surface area contributed by atoms with E-state index in [0.717, 1.165) is 0 Å². The van der Waals surface area contributed by atoms with Crippen molar-refractivity contribution in [3.05, 3.63) is 58.6 Å². The van der Waals surface area contributed by atoms with Gasteiger partial charge in [0, 0.05) is 4.47 Å². The molecule has 0 unspecified atom stereocenters. The summed E-state index contributed by atoms with van der Waals surface area (Å²) in [6, 6.07) is 14.6. The molecule has 0 aromatic heterocycles. The lowest BCUT2D eigenvalue weighted by Gasteiger charge is -2.13. The summed E-state index contributed by atoms with van der Waals surface area (Å²) in [7, 11) is 0. The largest absolute Gasteiger partial charge is 0.492 e. The predicted octanol–water partition coefficient (Wildman–Crippen LogP) is 3.97. The van der Waals surface area contributed by atoms with Crippen molar-refractivity contribution < 1.29 is 9.53 Å². The van der Waals surface area contributed by atoms with Crippen LogP contribution in [0.2, 0.25) is 0 Å². The molecule has 0 radical (unpaired) electrons. The minimum Gasteiger partial charge on any atom is -0.492 e. The molecule has 0 saturated heterocycles. The summed E-state index contributed by atoms with van der Waals surface area (Å²) in [5.41, 5.74) is 1.23. The fourth-order valence-corrected chi connectivity index (χ4v) is 2.49. The van der Waals surface area contributed by atoms with Crippen LogP contribution in [0.5, 0.6) is 5.75 Å². The predicted molar refractivity (Wildman–Crippen MR) is 95.4 cm³/mol. The topological polar surface area (TPSA) is 50.4 Å². The number of para-hydroxylation sites is 2. The zero-order valence-corrected chi connectivity index (χ0v) is 14.3. The molecule has 0 spiro atoms. The summed E-state index contributed by atoms with van der Waals surface area (Å²) in [4.78, 5) is 12.2. The Hall–Kier alpha value is -1.92. The lowest BCUT2D eigenvalue weighted by Crippen LogP contribution is -2.34. The number of anilines is 1. The van der Waals surface area contributed by atoms with E-state index in [1.54, 1.807) is 18.2 Å². The number of halogens is 1. The normalized spacial score (nSPS) is 9.91. The molecular formula is C16H15BrN2O2S. The second-order valence-electron chi connectivity index (χ2n) is 4.32. The Kier molecular flexibility index (Phi) is 5.91. The highest BCUT2D eigenvalue weighted by Gasteiger charge is 2.12. The van der Waals surface area contributed by atoms with E-state index in [1.165, 1.54) is 0 Å². The molecule has 114 valence electrons. The van der Waals surface area contributed by atoms with Gasteiger partial charge in [-0.2, -0.15) is 0 Å². The standard InChI is InChI=1S/C16H15BrN2O2S/c1-2-21-14-10-6-5-9-13(14)18-16(22)19-15(20)11-7-3-4-8-12(11)17/h3-10H,2H2,1H3,(H2,18,19,20,22). The zero-order valence-electron chi connectivity index (χ0n) is 11.9. The molecule has 0 atom stereocenters. The van der Waals surface area contributed by atoms with Gasteiger partial charge in [0.15, 0.2) is 5.11 Å². The van der Waals surface area contributed by atoms with Crippen molar-refractivity contribution in [2.75, 3.05) is 11.9 Å². The first-order valence-electron chi connectivity index (χ1n) is 6.70. The van der Waals surface area contributed by atoms with Crippen LogP contribution in [0.25, 0.3) is 0 Å². The third kappa shape index (κ3) is 4.29. The molecule has 6 heteroatoms. The van der Waals surface area contributed by atoms with E-state index in [2.05, 4.69) is 26.6 Å². The Morgan fingerprint density at radius 1 is 1.18 bits per heavy atom. The molecule has 0 aliphatic rings. The van der Waals surface area contributed by atoms with E-state index >= 15 is 0 Å². The summed E-state index contributed by atoms with van der Waals surface area (Å²) in [5.74, 6) is 0.404. The van der Waals surface area contributed by atoms with Gasteiger partial charge in [-0.15, -0.1) is 0 Å². The molecule has 0 aliphatic carbocycles. The number of hydrogen-bond donors (Lipinski definition) is 2. The highest BCUT2D eigenvalue weighted by molar-refractivity contribution is 9.10. The van der Waals surface area contributed by atoms with Crippen molar-refractivity contribution in [2.24, 2.45) is 0 Å². The van der Waals surface area contributed by atoms with Gasteiger partial charge >= 0.3 is 0 Å². The van der Waals surface area contributed by atoms with Crippen LogP contribution in [0.3, 0.4) is 0 Å². The monoisotopic (exact) mass is 378 g/mol. The van der Waals surface area contributed by atoms with Crippen molar-refractivity contribution in [3.63, 3.8) is 0 Å². The van der Waals surface area contributed by atoms with Gasteiger partial charge in [0.25, 0.3) is 5.91 Å². The maximum atomic E-state index is 12.2. The summed E-state index contributed by atoms with van der Waals surface area (Å²) in [6.45, 7) is 2.46. The Morgan fingerprint density at radius 3 is 2.59 bits per heavy atom. The van der Waals surface area contributed by atoms with Crippen molar-refractivity contribution in [3.8, 4) is 5.75 Å². The van der Waals surface area contributed by atoms with Crippen LogP contribution in [0, 0.1) is 0 Å². The molecule has 22 heavy (non-hydrogen) atoms. The molecule has 0 saturated carbocycles. The summed E-state index contributed by atoms with van der Waals surface area (Å²) < 4.78 is 6.22. The number of carbonyl (C=O) groups excluding carboxylic acids is 1. The number of carbonyl (C=O) groups is 1. The second-order valence-corrected chi connectivity index (χ2v) is 5.58. The van der Waals surface area contributed by atoms with Gasteiger partial charge in [-0.3, -0.25) is 10.1 Å². The summed E-state index contributed by atoms with van der Waals surface area (Å²) in [5, 5.41) is 5.84. The van der Waals surface area contributed by atoms with Gasteiger partial charge in [-0.1, -0.05) is 24.3 Å². The minimum atomic E-state index is -0.279. The number of nitrogens with one attached hydrogen (secondary N) is 2. The van der Waals surface area contributed by atoms with E-state index in [1.807, 2.05) is 37.3 Å². The number of thiocarbonyl (C=S) groups is 1. The van der Waals surface area contributed by atoms with E-state index in [9.17, 15) is 4.79 Å². The van der Waals surface area contributed by atoms with Crippen LogP contribution < -0.4 is 15.4 Å². The van der Waals surface area contributed by atoms with E-state index in [-0.39, 0.29) is 11.0 Å². The number of ether oxygens (including phenoxy) is 1. The van der Waals surface area contributed by atoms with Crippen molar-refractivity contribution >= 4 is 44.9 Å². The van der Waals surface area contributed by atoms with E-state index < -0.39 is 0 Å². The SMILES string of the molecule is CCOc1ccccc1NC(=S)NC(=O)c1ccccc1Br. The highest BCUT2D eigenvalue weighted by Crippen LogP contribution is 2.23. The molecule has 2 aromatic carbocycles. The van der Waals surface area contributed by atoms with Gasteiger partial charge in [0.2, 0.25) is 0 Å². The highest BCUT2D eigenvalue weighted by atomic mass is 79.9. The molecule has 2 aromatic rings. The number of rotatable bonds is 4. The van der Waals surface area contributed by atoms with Crippen LogP contribution in [0.4, 0.5) is 5.69 Å². The fraction of sp³-hybridized carbons (Fsp3) is 0.125. The van der Waals surface area contributed by atoms with Crippen molar-refractivity contribution in [1.29, 1.82) is 0 Å². The minimum absolute atomic E-state index is 0.216. The third-order valence-electron chi connectivity index (χ3n) is 2.78. The molecule has 0 aliphatic heterocycles. The lowest BCUT2D eigenvalue weighted by atomic mass is 10.2. The maximum absolute atomic E-state index is 12.2. The Morgan fingerprint density at radius 2 is 1.86 bits per heavy atom. The zero-order chi connectivity index (χ0) is 15.9. The molecule has 4 nitrogen and oxygen atoms in total. The molecule has 2 rings (SSSR count). The van der Waals surface area contributed by atoms with Gasteiger partial charge in [-0.25, -0.2) is 0 Å². The molecule has 1 amide bonds. The van der Waals surface area contributed by atoms with Gasteiger partial charge in [-0.05, 0) is 59.3 Å². The molecular weight excluding hydrogens is 364 g/mol. The van der Waals surface area contributed by atoms with Crippen LogP contribution >= 0.6 is 28.1 Å². The van der Waals surface area contributed by atoms with Gasteiger partial charge in [0.1, 0.15) is 5.75 Å². The quantitative estimate of drug-likeness (QED) is 0.790. The van der Waals surface area contributed by atoms with Crippen LogP contribution in [0.15, 0.2) is 53.0 Å². The van der Waals surface area contributed by atoms with E-state index in [0.29, 0.717) is 28.1 Å². The average Bonchev–Trinajstić information content (AvgIpc) is 2.49. The number of hydrogen-bond acceptors (Lipinski definition) is 3. The fourth-order valence-electron chi connectivity index (χ4n) is 1.82. The Balaban J connectivity index is 2.05. The van der Waals surface area contributed by atoms with Crippen LogP contribution in [-0.2, 0) is 0 Å². The van der Waals surface area contributed by atoms with Gasteiger partial charge in [0.05, 0.1) is 17.9 Å². The Labute approximate surface area is 143 Å². The number of benzene rings is 2. The van der Waals surface area contributed by atoms with Crippen molar-refractivity contribution in [2.45, 2.75) is 6.92 Å². The molecule has 0 bridgehead atoms. The second kappa shape index (κ2) is 7.91. The lowest BCUT2D eigenvalue weighted by molar-refractivity contribution is 0.0977. The Bertz CT molecular complexity index is 691. The van der Waals surface area contributed by atoms with Crippen LogP contribution in [0.1, 0.15) is 17.3 Å². The maximum Gasteiger partial charge on any atom is 0.258 e. The summed E-state index contributed by atoms with van der Waals surface area (Å²) in [6.07, 6.45) is 0. The first-order chi connectivity index (χ1) is 10.6. The van der Waals surface area contributed by atoms with Crippen LogP contribution in [-0.4, -0.2) is 17.6 Å². The molecule has 0 fully saturated rings. The van der Waals surface area contributed by atoms with E-state index in [4.69, 9.17) is 17.0 Å². The summed E-state index contributed by atoms with van der Waals surface area (Å²) >= 11 is 8.53. The number of amides is 1. The third-order valence-corrected chi connectivity index (χ3v) is 3.68. The van der Waals surface area contributed by atoms with Gasteiger partial charge < -0.3 is 10.1 Å². The molecule has 2 N–H and O–H groups in total.